The van der Waals surface area contributed by atoms with E-state index >= 15 is 0 Å². The Morgan fingerprint density at radius 1 is 1.24 bits per heavy atom. The van der Waals surface area contributed by atoms with E-state index < -0.39 is 0 Å². The third-order valence-electron chi connectivity index (χ3n) is 4.52. The number of methoxy groups -OCH3 is 2. The van der Waals surface area contributed by atoms with Crippen molar-refractivity contribution in [2.75, 3.05) is 27.4 Å². The number of morpholine rings is 1. The standard InChI is InChI=1S/C16H23NO4/c1-19-14-8-11(9-15(20-2)16(14)18)10-17-6-7-21-13-5-3-4-12(13)17/h8-9,12-13,18H,3-7,10H2,1-2H3. The summed E-state index contributed by atoms with van der Waals surface area (Å²) >= 11 is 0. The van der Waals surface area contributed by atoms with Crippen molar-refractivity contribution in [1.29, 1.82) is 0 Å². The molecule has 1 aromatic carbocycles. The zero-order valence-corrected chi connectivity index (χ0v) is 12.7. The maximum atomic E-state index is 9.99. The van der Waals surface area contributed by atoms with E-state index in [0.717, 1.165) is 25.3 Å². The maximum absolute atomic E-state index is 9.99. The van der Waals surface area contributed by atoms with Crippen molar-refractivity contribution in [3.63, 3.8) is 0 Å². The van der Waals surface area contributed by atoms with Crippen LogP contribution in [0.5, 0.6) is 17.2 Å². The Morgan fingerprint density at radius 3 is 2.62 bits per heavy atom. The molecule has 2 aliphatic rings. The second-order valence-corrected chi connectivity index (χ2v) is 5.73. The van der Waals surface area contributed by atoms with Crippen molar-refractivity contribution >= 4 is 0 Å². The van der Waals surface area contributed by atoms with Crippen LogP contribution in [-0.2, 0) is 11.3 Å². The van der Waals surface area contributed by atoms with Gasteiger partial charge in [0, 0.05) is 19.1 Å². The fourth-order valence-corrected chi connectivity index (χ4v) is 3.48. The third-order valence-corrected chi connectivity index (χ3v) is 4.52. The predicted molar refractivity (Wildman–Crippen MR) is 79.0 cm³/mol. The molecule has 116 valence electrons. The largest absolute Gasteiger partial charge is 0.502 e. The quantitative estimate of drug-likeness (QED) is 0.922. The van der Waals surface area contributed by atoms with Gasteiger partial charge >= 0.3 is 0 Å². The van der Waals surface area contributed by atoms with E-state index in [0.29, 0.717) is 23.6 Å². The smallest absolute Gasteiger partial charge is 0.200 e. The van der Waals surface area contributed by atoms with Crippen LogP contribution in [0.1, 0.15) is 24.8 Å². The minimum absolute atomic E-state index is 0.0597. The van der Waals surface area contributed by atoms with Gasteiger partial charge in [0.25, 0.3) is 0 Å². The van der Waals surface area contributed by atoms with Crippen LogP contribution < -0.4 is 9.47 Å². The Kier molecular flexibility index (Phi) is 4.22. The van der Waals surface area contributed by atoms with Crippen molar-refractivity contribution in [3.8, 4) is 17.2 Å². The second kappa shape index (κ2) is 6.12. The fourth-order valence-electron chi connectivity index (χ4n) is 3.48. The molecule has 0 amide bonds. The highest BCUT2D eigenvalue weighted by Crippen LogP contribution is 2.38. The molecular formula is C16H23NO4. The van der Waals surface area contributed by atoms with Gasteiger partial charge in [0.15, 0.2) is 11.5 Å². The first-order valence-corrected chi connectivity index (χ1v) is 7.52. The third kappa shape index (κ3) is 2.80. The summed E-state index contributed by atoms with van der Waals surface area (Å²) in [5.74, 6) is 0.977. The van der Waals surface area contributed by atoms with Gasteiger partial charge in [0.1, 0.15) is 0 Å². The molecule has 5 heteroatoms. The summed E-state index contributed by atoms with van der Waals surface area (Å²) < 4.78 is 16.3. The summed E-state index contributed by atoms with van der Waals surface area (Å²) in [6, 6.07) is 4.29. The Morgan fingerprint density at radius 2 is 1.95 bits per heavy atom. The molecule has 21 heavy (non-hydrogen) atoms. The molecule has 1 saturated carbocycles. The average molecular weight is 293 g/mol. The van der Waals surface area contributed by atoms with Crippen LogP contribution >= 0.6 is 0 Å². The molecule has 1 aromatic rings. The minimum atomic E-state index is 0.0597. The van der Waals surface area contributed by atoms with Crippen molar-refractivity contribution < 1.29 is 19.3 Å². The Labute approximate surface area is 125 Å². The molecule has 0 spiro atoms. The highest BCUT2D eigenvalue weighted by Gasteiger charge is 2.35. The van der Waals surface area contributed by atoms with Gasteiger partial charge in [-0.1, -0.05) is 0 Å². The summed E-state index contributed by atoms with van der Waals surface area (Å²) in [4.78, 5) is 2.48. The molecule has 1 aliphatic carbocycles. The SMILES string of the molecule is COc1cc(CN2CCOC3CCCC32)cc(OC)c1O. The summed E-state index contributed by atoms with van der Waals surface area (Å²) in [6.07, 6.45) is 4.01. The molecule has 1 saturated heterocycles. The van der Waals surface area contributed by atoms with E-state index in [4.69, 9.17) is 14.2 Å². The molecule has 1 aliphatic heterocycles. The van der Waals surface area contributed by atoms with Gasteiger partial charge in [-0.05, 0) is 37.0 Å². The number of rotatable bonds is 4. The molecule has 1 heterocycles. The van der Waals surface area contributed by atoms with Gasteiger partial charge in [0.05, 0.1) is 26.9 Å². The van der Waals surface area contributed by atoms with E-state index in [1.165, 1.54) is 19.3 Å². The van der Waals surface area contributed by atoms with E-state index in [1.807, 2.05) is 12.1 Å². The van der Waals surface area contributed by atoms with Gasteiger partial charge in [-0.3, -0.25) is 4.90 Å². The van der Waals surface area contributed by atoms with Crippen molar-refractivity contribution in [1.82, 2.24) is 4.90 Å². The highest BCUT2D eigenvalue weighted by molar-refractivity contribution is 5.52. The highest BCUT2D eigenvalue weighted by atomic mass is 16.5. The molecule has 1 N–H and O–H groups in total. The normalized spacial score (nSPS) is 25.6. The van der Waals surface area contributed by atoms with Gasteiger partial charge in [-0.15, -0.1) is 0 Å². The lowest BCUT2D eigenvalue weighted by molar-refractivity contribution is -0.0588. The summed E-state index contributed by atoms with van der Waals surface area (Å²) in [6.45, 7) is 2.58. The number of benzene rings is 1. The van der Waals surface area contributed by atoms with Gasteiger partial charge in [-0.25, -0.2) is 0 Å². The Bertz CT molecular complexity index is 480. The van der Waals surface area contributed by atoms with Crippen molar-refractivity contribution in [2.24, 2.45) is 0 Å². The van der Waals surface area contributed by atoms with Crippen molar-refractivity contribution in [3.05, 3.63) is 17.7 Å². The monoisotopic (exact) mass is 293 g/mol. The van der Waals surface area contributed by atoms with E-state index in [-0.39, 0.29) is 5.75 Å². The Balaban J connectivity index is 1.80. The molecule has 3 rings (SSSR count). The number of phenols is 1. The maximum Gasteiger partial charge on any atom is 0.200 e. The lowest BCUT2D eigenvalue weighted by atomic mass is 10.1. The van der Waals surface area contributed by atoms with Crippen LogP contribution in [0.25, 0.3) is 0 Å². The molecule has 2 atom stereocenters. The van der Waals surface area contributed by atoms with Crippen LogP contribution in [0.15, 0.2) is 12.1 Å². The lowest BCUT2D eigenvalue weighted by Gasteiger charge is -2.37. The van der Waals surface area contributed by atoms with Gasteiger partial charge < -0.3 is 19.3 Å². The lowest BCUT2D eigenvalue weighted by Crippen LogP contribution is -2.47. The number of hydrogen-bond donors (Lipinski definition) is 1. The van der Waals surface area contributed by atoms with E-state index in [1.54, 1.807) is 14.2 Å². The zero-order valence-electron chi connectivity index (χ0n) is 12.7. The summed E-state index contributed by atoms with van der Waals surface area (Å²) in [5.41, 5.74) is 1.09. The minimum Gasteiger partial charge on any atom is -0.502 e. The number of nitrogens with zero attached hydrogens (tertiary/aromatic N) is 1. The van der Waals surface area contributed by atoms with Gasteiger partial charge in [-0.2, -0.15) is 0 Å². The first-order valence-electron chi connectivity index (χ1n) is 7.52. The second-order valence-electron chi connectivity index (χ2n) is 5.73. The molecule has 2 unspecified atom stereocenters. The molecule has 5 nitrogen and oxygen atoms in total. The zero-order chi connectivity index (χ0) is 14.8. The Hall–Kier alpha value is -1.46. The van der Waals surface area contributed by atoms with Crippen LogP contribution in [0.2, 0.25) is 0 Å². The van der Waals surface area contributed by atoms with Crippen LogP contribution in [0.3, 0.4) is 0 Å². The first kappa shape index (κ1) is 14.5. The number of phenolic OH excluding ortho intramolecular Hbond substituents is 1. The summed E-state index contributed by atoms with van der Waals surface area (Å²) in [5, 5.41) is 9.99. The van der Waals surface area contributed by atoms with E-state index in [9.17, 15) is 5.11 Å². The predicted octanol–water partition coefficient (Wildman–Crippen LogP) is 2.16. The number of fused-ring (bicyclic) bond motifs is 1. The van der Waals surface area contributed by atoms with Crippen molar-refractivity contribution in [2.45, 2.75) is 38.0 Å². The molecule has 0 bridgehead atoms. The number of ether oxygens (including phenoxy) is 3. The number of aromatic hydroxyl groups is 1. The van der Waals surface area contributed by atoms with Crippen LogP contribution in [0.4, 0.5) is 0 Å². The van der Waals surface area contributed by atoms with Crippen LogP contribution in [0, 0.1) is 0 Å². The fraction of sp³-hybridized carbons (Fsp3) is 0.625. The molecule has 2 fully saturated rings. The topological polar surface area (TPSA) is 51.2 Å². The molecule has 0 aromatic heterocycles. The average Bonchev–Trinajstić information content (AvgIpc) is 2.98. The van der Waals surface area contributed by atoms with E-state index in [2.05, 4.69) is 4.90 Å². The molecular weight excluding hydrogens is 270 g/mol. The van der Waals surface area contributed by atoms with Gasteiger partial charge in [0.2, 0.25) is 5.75 Å². The number of hydrogen-bond acceptors (Lipinski definition) is 5. The van der Waals surface area contributed by atoms with Crippen LogP contribution in [-0.4, -0.2) is 49.5 Å². The summed E-state index contributed by atoms with van der Waals surface area (Å²) in [7, 11) is 3.11. The molecule has 0 radical (unpaired) electrons. The first-order chi connectivity index (χ1) is 10.2.